The molecule has 0 unspecified atom stereocenters. The highest BCUT2D eigenvalue weighted by Gasteiger charge is 2.51. The van der Waals surface area contributed by atoms with Gasteiger partial charge in [-0.05, 0) is 12.0 Å². The second-order valence-electron chi connectivity index (χ2n) is 7.98. The standard InChI is InChI=1S/C21H28N2O.2HI/c1-4-15-14-23(3)12-10-16(15)13-20(23)21(24)18-9-11-22(2)19-8-6-5-7-17(18)19;;/h4-9,11,15-16,20-21,24H,1,10,12-14H2,2-3H3;2*1H/q+2;;/p-2/t15-,16-,20+,21-,23-;;/m0../s1. The van der Waals surface area contributed by atoms with Gasteiger partial charge in [0.2, 0.25) is 5.52 Å². The Hall–Kier alpha value is -0.250. The largest absolute Gasteiger partial charge is 1.00 e. The lowest BCUT2D eigenvalue weighted by molar-refractivity contribution is -0.956. The molecule has 3 aliphatic heterocycles. The number of fused-ring (bicyclic) bond motifs is 4. The lowest BCUT2D eigenvalue weighted by Crippen LogP contribution is -3.00. The van der Waals surface area contributed by atoms with Gasteiger partial charge in [0.25, 0.3) is 0 Å². The molecule has 142 valence electrons. The normalized spacial score (nSPS) is 31.0. The highest BCUT2D eigenvalue weighted by molar-refractivity contribution is 5.79. The number of hydrogen-bond acceptors (Lipinski definition) is 1. The Morgan fingerprint density at radius 2 is 2.00 bits per heavy atom. The van der Waals surface area contributed by atoms with Crippen molar-refractivity contribution in [2.45, 2.75) is 25.0 Å². The van der Waals surface area contributed by atoms with E-state index in [2.05, 4.69) is 67.8 Å². The van der Waals surface area contributed by atoms with E-state index >= 15 is 0 Å². The summed E-state index contributed by atoms with van der Waals surface area (Å²) in [5.41, 5.74) is 2.26. The monoisotopic (exact) mass is 578 g/mol. The Morgan fingerprint density at radius 1 is 1.27 bits per heavy atom. The van der Waals surface area contributed by atoms with Gasteiger partial charge in [-0.15, -0.1) is 6.58 Å². The number of hydrogen-bond donors (Lipinski definition) is 1. The maximum absolute atomic E-state index is 11.3. The molecule has 0 spiro atoms. The predicted octanol–water partition coefficient (Wildman–Crippen LogP) is -3.25. The lowest BCUT2D eigenvalue weighted by Gasteiger charge is -2.56. The lowest BCUT2D eigenvalue weighted by atomic mass is 9.72. The van der Waals surface area contributed by atoms with Gasteiger partial charge in [0.15, 0.2) is 6.20 Å². The van der Waals surface area contributed by atoms with E-state index < -0.39 is 6.10 Å². The molecular weight excluding hydrogens is 550 g/mol. The minimum absolute atomic E-state index is 0. The maximum Gasteiger partial charge on any atom is 0.212 e. The van der Waals surface area contributed by atoms with Gasteiger partial charge in [-0.1, -0.05) is 18.2 Å². The average Bonchev–Trinajstić information content (AvgIpc) is 2.61. The predicted molar refractivity (Wildman–Crippen MR) is 96.2 cm³/mol. The number of piperidine rings is 3. The van der Waals surface area contributed by atoms with Gasteiger partial charge < -0.3 is 57.5 Å². The molecule has 1 aromatic heterocycles. The van der Waals surface area contributed by atoms with Crippen LogP contribution in [0.3, 0.4) is 0 Å². The average molecular weight is 578 g/mol. The molecule has 2 bridgehead atoms. The summed E-state index contributed by atoms with van der Waals surface area (Å²) in [4.78, 5) is 0. The maximum atomic E-state index is 11.3. The Bertz CT molecular complexity index is 797. The molecule has 5 heteroatoms. The molecule has 1 aromatic carbocycles. The molecule has 5 atom stereocenters. The number of aryl methyl sites for hydroxylation is 1. The van der Waals surface area contributed by atoms with E-state index in [0.717, 1.165) is 23.0 Å². The first-order chi connectivity index (χ1) is 11.5. The van der Waals surface area contributed by atoms with Gasteiger partial charge in [0.1, 0.15) is 19.2 Å². The molecule has 0 amide bonds. The Morgan fingerprint density at radius 3 is 2.69 bits per heavy atom. The third-order valence-corrected chi connectivity index (χ3v) is 6.65. The molecular formula is C21H28I2N2O. The fraction of sp³-hybridized carbons (Fsp3) is 0.476. The van der Waals surface area contributed by atoms with Crippen LogP contribution in [0.4, 0.5) is 0 Å². The number of likely N-dealkylation sites (N-methyl/N-ethyl adjacent to an activating group) is 1. The zero-order valence-electron chi connectivity index (χ0n) is 15.5. The molecule has 0 aliphatic carbocycles. The van der Waals surface area contributed by atoms with Crippen molar-refractivity contribution in [2.24, 2.45) is 18.9 Å². The number of aliphatic hydroxyl groups is 1. The van der Waals surface area contributed by atoms with E-state index in [9.17, 15) is 5.11 Å². The Kier molecular flexibility index (Phi) is 7.13. The second-order valence-corrected chi connectivity index (χ2v) is 7.98. The molecule has 1 N–H and O–H groups in total. The minimum Gasteiger partial charge on any atom is -1.00 e. The molecule has 0 saturated carbocycles. The third kappa shape index (κ3) is 3.56. The van der Waals surface area contributed by atoms with E-state index in [1.54, 1.807) is 0 Å². The van der Waals surface area contributed by atoms with Crippen molar-refractivity contribution < 1.29 is 62.1 Å². The van der Waals surface area contributed by atoms with Gasteiger partial charge in [-0.25, -0.2) is 4.57 Å². The smallest absolute Gasteiger partial charge is 0.212 e. The first kappa shape index (κ1) is 22.0. The van der Waals surface area contributed by atoms with E-state index in [-0.39, 0.29) is 54.0 Å². The van der Waals surface area contributed by atoms with Gasteiger partial charge in [0.05, 0.1) is 25.5 Å². The van der Waals surface area contributed by atoms with Crippen LogP contribution in [-0.2, 0) is 7.05 Å². The SMILES string of the molecule is C=C[C@H]1C[N@+]2(C)CC[C@H]1C[C@@H]2[C@@H](O)c1cc[n+](C)c2ccccc12.[I-].[I-]. The Balaban J connectivity index is 0.00000121. The molecule has 4 heterocycles. The van der Waals surface area contributed by atoms with Crippen molar-refractivity contribution in [3.8, 4) is 0 Å². The summed E-state index contributed by atoms with van der Waals surface area (Å²) in [6, 6.07) is 10.8. The molecule has 2 aromatic rings. The van der Waals surface area contributed by atoms with Crippen LogP contribution in [0.2, 0.25) is 0 Å². The molecule has 3 saturated heterocycles. The number of benzene rings is 1. The summed E-state index contributed by atoms with van der Waals surface area (Å²) in [6.07, 6.45) is 6.17. The zero-order chi connectivity index (χ0) is 16.9. The molecule has 0 radical (unpaired) electrons. The first-order valence-electron chi connectivity index (χ1n) is 9.05. The molecule has 5 rings (SSSR count). The van der Waals surface area contributed by atoms with E-state index in [4.69, 9.17) is 0 Å². The summed E-state index contributed by atoms with van der Waals surface area (Å²) in [5.74, 6) is 1.30. The van der Waals surface area contributed by atoms with Crippen LogP contribution in [0, 0.1) is 11.8 Å². The van der Waals surface area contributed by atoms with E-state index in [1.807, 2.05) is 0 Å². The van der Waals surface area contributed by atoms with Crippen molar-refractivity contribution in [3.05, 3.63) is 54.7 Å². The summed E-state index contributed by atoms with van der Waals surface area (Å²) in [5, 5.41) is 12.5. The van der Waals surface area contributed by atoms with Gasteiger partial charge in [-0.3, -0.25) is 0 Å². The minimum atomic E-state index is -0.408. The van der Waals surface area contributed by atoms with Gasteiger partial charge >= 0.3 is 0 Å². The van der Waals surface area contributed by atoms with Crippen LogP contribution in [0.25, 0.3) is 10.9 Å². The van der Waals surface area contributed by atoms with Crippen molar-refractivity contribution in [1.82, 2.24) is 0 Å². The van der Waals surface area contributed by atoms with Crippen LogP contribution in [0.15, 0.2) is 49.2 Å². The fourth-order valence-corrected chi connectivity index (χ4v) is 5.14. The number of para-hydroxylation sites is 1. The van der Waals surface area contributed by atoms with Gasteiger partial charge in [0, 0.05) is 36.5 Å². The van der Waals surface area contributed by atoms with Crippen LogP contribution < -0.4 is 52.5 Å². The zero-order valence-corrected chi connectivity index (χ0v) is 19.8. The molecule has 26 heavy (non-hydrogen) atoms. The number of rotatable bonds is 3. The van der Waals surface area contributed by atoms with Crippen LogP contribution >= 0.6 is 0 Å². The van der Waals surface area contributed by atoms with Crippen molar-refractivity contribution >= 4 is 10.9 Å². The number of aromatic nitrogens is 1. The third-order valence-electron chi connectivity index (χ3n) is 6.65. The number of nitrogens with zero attached hydrogens (tertiary/aromatic N) is 2. The molecule has 3 nitrogen and oxygen atoms in total. The van der Waals surface area contributed by atoms with Crippen molar-refractivity contribution in [1.29, 1.82) is 0 Å². The van der Waals surface area contributed by atoms with E-state index in [0.29, 0.717) is 11.8 Å². The summed E-state index contributed by atoms with van der Waals surface area (Å²) < 4.78 is 3.10. The first-order valence-corrected chi connectivity index (χ1v) is 9.05. The van der Waals surface area contributed by atoms with E-state index in [1.165, 1.54) is 23.9 Å². The number of quaternary nitrogens is 1. The van der Waals surface area contributed by atoms with Crippen molar-refractivity contribution in [3.63, 3.8) is 0 Å². The Labute approximate surface area is 190 Å². The molecule has 3 aliphatic rings. The number of halogens is 2. The van der Waals surface area contributed by atoms with Crippen LogP contribution in [0.1, 0.15) is 24.5 Å². The topological polar surface area (TPSA) is 24.1 Å². The number of aliphatic hydroxyl groups excluding tert-OH is 1. The highest BCUT2D eigenvalue weighted by atomic mass is 127. The van der Waals surface area contributed by atoms with Crippen LogP contribution in [0.5, 0.6) is 0 Å². The number of pyridine rings is 1. The summed E-state index contributed by atoms with van der Waals surface area (Å²) in [7, 11) is 4.39. The molecule has 3 fully saturated rings. The summed E-state index contributed by atoms with van der Waals surface area (Å²) >= 11 is 0. The second kappa shape index (κ2) is 8.41. The van der Waals surface area contributed by atoms with Crippen molar-refractivity contribution in [2.75, 3.05) is 20.1 Å². The highest BCUT2D eigenvalue weighted by Crippen LogP contribution is 2.45. The summed E-state index contributed by atoms with van der Waals surface area (Å²) in [6.45, 7) is 6.33. The quantitative estimate of drug-likeness (QED) is 0.176. The van der Waals surface area contributed by atoms with Crippen LogP contribution in [-0.4, -0.2) is 35.8 Å². The van der Waals surface area contributed by atoms with Gasteiger partial charge in [-0.2, -0.15) is 0 Å². The fourth-order valence-electron chi connectivity index (χ4n) is 5.14.